The van der Waals surface area contributed by atoms with Gasteiger partial charge in [0.2, 0.25) is 0 Å². The van der Waals surface area contributed by atoms with Gasteiger partial charge >= 0.3 is 0 Å². The van der Waals surface area contributed by atoms with E-state index >= 15 is 0 Å². The first kappa shape index (κ1) is 16.1. The number of nitrogens with zero attached hydrogens (tertiary/aromatic N) is 2. The summed E-state index contributed by atoms with van der Waals surface area (Å²) in [5, 5.41) is 18.9. The highest BCUT2D eigenvalue weighted by atomic mass is 19.1. The summed E-state index contributed by atoms with van der Waals surface area (Å²) in [6.07, 6.45) is -1.13. The van der Waals surface area contributed by atoms with Gasteiger partial charge in [-0.2, -0.15) is 5.26 Å². The predicted molar refractivity (Wildman–Crippen MR) is 78.8 cm³/mol. The average molecular weight is 302 g/mol. The summed E-state index contributed by atoms with van der Waals surface area (Å²) >= 11 is 0. The Morgan fingerprint density at radius 1 is 1.23 bits per heavy atom. The molecule has 22 heavy (non-hydrogen) atoms. The summed E-state index contributed by atoms with van der Waals surface area (Å²) in [7, 11) is 1.76. The Morgan fingerprint density at radius 3 is 2.73 bits per heavy atom. The van der Waals surface area contributed by atoms with Gasteiger partial charge in [-0.3, -0.25) is 4.90 Å². The van der Waals surface area contributed by atoms with Gasteiger partial charge in [-0.1, -0.05) is 12.1 Å². The Morgan fingerprint density at radius 2 is 2.00 bits per heavy atom. The van der Waals surface area contributed by atoms with Crippen molar-refractivity contribution in [3.05, 3.63) is 70.8 Å². The molecule has 2 aromatic rings. The van der Waals surface area contributed by atoms with E-state index in [0.717, 1.165) is 23.8 Å². The number of likely N-dealkylation sites (N-methyl/N-ethyl adjacent to an activating group) is 1. The lowest BCUT2D eigenvalue weighted by Crippen LogP contribution is -2.24. The zero-order valence-electron chi connectivity index (χ0n) is 12.1. The molecule has 3 nitrogen and oxygen atoms in total. The van der Waals surface area contributed by atoms with Crippen molar-refractivity contribution in [3.8, 4) is 6.07 Å². The Labute approximate surface area is 128 Å². The van der Waals surface area contributed by atoms with E-state index in [1.165, 1.54) is 0 Å². The Balaban J connectivity index is 2.03. The lowest BCUT2D eigenvalue weighted by Gasteiger charge is -2.21. The maximum Gasteiger partial charge on any atom is 0.129 e. The largest absolute Gasteiger partial charge is 0.387 e. The third-order valence-corrected chi connectivity index (χ3v) is 3.31. The van der Waals surface area contributed by atoms with Crippen molar-refractivity contribution in [1.29, 1.82) is 5.26 Å². The molecule has 0 radical (unpaired) electrons. The fraction of sp³-hybridized carbons (Fsp3) is 0.235. The molecule has 0 amide bonds. The van der Waals surface area contributed by atoms with E-state index in [4.69, 9.17) is 5.26 Å². The van der Waals surface area contributed by atoms with E-state index < -0.39 is 17.7 Å². The fourth-order valence-corrected chi connectivity index (χ4v) is 2.28. The van der Waals surface area contributed by atoms with Crippen LogP contribution in [0, 0.1) is 23.0 Å². The first-order valence-corrected chi connectivity index (χ1v) is 6.80. The molecule has 0 saturated carbocycles. The summed E-state index contributed by atoms with van der Waals surface area (Å²) in [4.78, 5) is 1.78. The quantitative estimate of drug-likeness (QED) is 0.923. The first-order chi connectivity index (χ1) is 10.5. The number of hydrogen-bond donors (Lipinski definition) is 1. The van der Waals surface area contributed by atoms with Gasteiger partial charge in [0.1, 0.15) is 11.6 Å². The van der Waals surface area contributed by atoms with Crippen LogP contribution in [0.2, 0.25) is 0 Å². The van der Waals surface area contributed by atoms with Crippen LogP contribution < -0.4 is 0 Å². The summed E-state index contributed by atoms with van der Waals surface area (Å²) in [5.74, 6) is -1.21. The van der Waals surface area contributed by atoms with E-state index in [9.17, 15) is 13.9 Å². The van der Waals surface area contributed by atoms with Crippen LogP contribution in [-0.2, 0) is 6.54 Å². The van der Waals surface area contributed by atoms with E-state index in [1.54, 1.807) is 30.1 Å². The van der Waals surface area contributed by atoms with Crippen molar-refractivity contribution in [2.24, 2.45) is 0 Å². The van der Waals surface area contributed by atoms with E-state index in [0.29, 0.717) is 12.1 Å². The molecule has 2 rings (SSSR count). The molecule has 2 aromatic carbocycles. The molecule has 114 valence electrons. The number of halogens is 2. The number of benzene rings is 2. The van der Waals surface area contributed by atoms with Gasteiger partial charge in [0.25, 0.3) is 0 Å². The van der Waals surface area contributed by atoms with Gasteiger partial charge in [0.05, 0.1) is 17.7 Å². The van der Waals surface area contributed by atoms with Crippen molar-refractivity contribution in [2.45, 2.75) is 12.6 Å². The van der Waals surface area contributed by atoms with Crippen LogP contribution >= 0.6 is 0 Å². The minimum Gasteiger partial charge on any atom is -0.387 e. The minimum absolute atomic E-state index is 0.0578. The first-order valence-electron chi connectivity index (χ1n) is 6.80. The molecule has 5 heteroatoms. The zero-order chi connectivity index (χ0) is 16.1. The molecule has 0 aliphatic heterocycles. The molecule has 1 N–H and O–H groups in total. The van der Waals surface area contributed by atoms with Gasteiger partial charge < -0.3 is 5.11 Å². The van der Waals surface area contributed by atoms with Gasteiger partial charge in [-0.05, 0) is 42.9 Å². The molecule has 0 aromatic heterocycles. The standard InChI is InChI=1S/C17H16F2N2O/c1-21(10-13-4-2-3-12(7-13)9-20)11-17(22)15-8-14(18)5-6-16(15)19/h2-8,17,22H,10-11H2,1H3/t17-/m0/s1. The molecule has 0 aliphatic rings. The number of aliphatic hydroxyl groups is 1. The molecule has 0 bridgehead atoms. The number of aliphatic hydroxyl groups excluding tert-OH is 1. The lowest BCUT2D eigenvalue weighted by atomic mass is 10.1. The van der Waals surface area contributed by atoms with Crippen molar-refractivity contribution >= 4 is 0 Å². The van der Waals surface area contributed by atoms with E-state index in [2.05, 4.69) is 6.07 Å². The Kier molecular flexibility index (Phi) is 5.21. The second-order valence-corrected chi connectivity index (χ2v) is 5.19. The molecule has 0 fully saturated rings. The van der Waals surface area contributed by atoms with Crippen molar-refractivity contribution < 1.29 is 13.9 Å². The maximum atomic E-state index is 13.6. The summed E-state index contributed by atoms with van der Waals surface area (Å²) in [6, 6.07) is 12.2. The molecule has 1 atom stereocenters. The van der Waals surface area contributed by atoms with Crippen LogP contribution in [0.5, 0.6) is 0 Å². The van der Waals surface area contributed by atoms with Crippen LogP contribution in [0.1, 0.15) is 22.8 Å². The van der Waals surface area contributed by atoms with Gasteiger partial charge in [0.15, 0.2) is 0 Å². The van der Waals surface area contributed by atoms with Crippen LogP contribution in [0.25, 0.3) is 0 Å². The summed E-state index contributed by atoms with van der Waals surface area (Å²) in [5.41, 5.74) is 1.41. The molecule has 0 unspecified atom stereocenters. The summed E-state index contributed by atoms with van der Waals surface area (Å²) in [6.45, 7) is 0.640. The molecular weight excluding hydrogens is 286 g/mol. The number of rotatable bonds is 5. The van der Waals surface area contributed by atoms with Crippen molar-refractivity contribution in [2.75, 3.05) is 13.6 Å². The third-order valence-electron chi connectivity index (χ3n) is 3.31. The topological polar surface area (TPSA) is 47.3 Å². The highest BCUT2D eigenvalue weighted by Gasteiger charge is 2.16. The third kappa shape index (κ3) is 4.10. The van der Waals surface area contributed by atoms with E-state index in [-0.39, 0.29) is 12.1 Å². The maximum absolute atomic E-state index is 13.6. The smallest absolute Gasteiger partial charge is 0.129 e. The lowest BCUT2D eigenvalue weighted by molar-refractivity contribution is 0.120. The second-order valence-electron chi connectivity index (χ2n) is 5.19. The predicted octanol–water partition coefficient (Wildman–Crippen LogP) is 3.00. The number of hydrogen-bond acceptors (Lipinski definition) is 3. The Hall–Kier alpha value is -2.29. The molecule has 0 spiro atoms. The van der Waals surface area contributed by atoms with Gasteiger partial charge in [0, 0.05) is 18.7 Å². The Bertz CT molecular complexity index is 697. The monoisotopic (exact) mass is 302 g/mol. The van der Waals surface area contributed by atoms with Gasteiger partial charge in [-0.15, -0.1) is 0 Å². The second kappa shape index (κ2) is 7.12. The van der Waals surface area contributed by atoms with Gasteiger partial charge in [-0.25, -0.2) is 8.78 Å². The van der Waals surface area contributed by atoms with Crippen LogP contribution in [-0.4, -0.2) is 23.6 Å². The fourth-order valence-electron chi connectivity index (χ4n) is 2.28. The zero-order valence-corrected chi connectivity index (χ0v) is 12.1. The van der Waals surface area contributed by atoms with Crippen LogP contribution in [0.3, 0.4) is 0 Å². The average Bonchev–Trinajstić information content (AvgIpc) is 2.49. The minimum atomic E-state index is -1.13. The van der Waals surface area contributed by atoms with Crippen LogP contribution in [0.15, 0.2) is 42.5 Å². The van der Waals surface area contributed by atoms with Crippen molar-refractivity contribution in [1.82, 2.24) is 4.90 Å². The molecular formula is C17H16F2N2O. The highest BCUT2D eigenvalue weighted by molar-refractivity contribution is 5.32. The number of nitriles is 1. The van der Waals surface area contributed by atoms with Crippen molar-refractivity contribution in [3.63, 3.8) is 0 Å². The van der Waals surface area contributed by atoms with E-state index in [1.807, 2.05) is 6.07 Å². The normalized spacial score (nSPS) is 12.2. The highest BCUT2D eigenvalue weighted by Crippen LogP contribution is 2.19. The SMILES string of the molecule is CN(Cc1cccc(C#N)c1)C[C@H](O)c1cc(F)ccc1F. The summed E-state index contributed by atoms with van der Waals surface area (Å²) < 4.78 is 26.8. The van der Waals surface area contributed by atoms with Crippen LogP contribution in [0.4, 0.5) is 8.78 Å². The molecule has 0 heterocycles. The molecule has 0 saturated heterocycles. The molecule has 0 aliphatic carbocycles.